The Morgan fingerprint density at radius 3 is 2.90 bits per heavy atom. The van der Waals surface area contributed by atoms with E-state index in [4.69, 9.17) is 10.6 Å². The third-order valence-electron chi connectivity index (χ3n) is 3.52. The first-order valence-electron chi connectivity index (χ1n) is 6.96. The average Bonchev–Trinajstić information content (AvgIpc) is 2.45. The largest absolute Gasteiger partial charge is 0.393 e. The van der Waals surface area contributed by atoms with Crippen molar-refractivity contribution in [3.63, 3.8) is 0 Å². The fourth-order valence-electron chi connectivity index (χ4n) is 2.55. The fourth-order valence-corrected chi connectivity index (χ4v) is 2.55. The number of nitrogens with two attached hydrogens (primary N) is 1. The molecule has 0 aromatic carbocycles. The van der Waals surface area contributed by atoms with E-state index >= 15 is 0 Å². The van der Waals surface area contributed by atoms with Gasteiger partial charge in [0, 0.05) is 19.7 Å². The van der Waals surface area contributed by atoms with Crippen molar-refractivity contribution in [2.24, 2.45) is 11.8 Å². The van der Waals surface area contributed by atoms with Gasteiger partial charge in [-0.3, -0.25) is 0 Å². The molecule has 1 fully saturated rings. The smallest absolute Gasteiger partial charge is 0.158 e. The van der Waals surface area contributed by atoms with E-state index in [0.29, 0.717) is 24.2 Å². The Labute approximate surface area is 118 Å². The van der Waals surface area contributed by atoms with Crippen molar-refractivity contribution in [3.8, 4) is 0 Å². The Hall–Kier alpha value is -1.44. The molecule has 1 saturated carbocycles. The van der Waals surface area contributed by atoms with Gasteiger partial charge in [-0.2, -0.15) is 0 Å². The summed E-state index contributed by atoms with van der Waals surface area (Å²) in [6, 6.07) is 1.76. The molecule has 2 atom stereocenters. The highest BCUT2D eigenvalue weighted by atomic mass is 16.5. The Morgan fingerprint density at radius 1 is 1.40 bits per heavy atom. The van der Waals surface area contributed by atoms with Crippen LogP contribution < -0.4 is 16.6 Å². The zero-order valence-electron chi connectivity index (χ0n) is 11.8. The number of nitrogens with zero attached hydrogens (tertiary/aromatic N) is 2. The zero-order chi connectivity index (χ0) is 14.4. The first-order chi connectivity index (χ1) is 9.71. The van der Waals surface area contributed by atoms with Gasteiger partial charge >= 0.3 is 0 Å². The van der Waals surface area contributed by atoms with Crippen LogP contribution >= 0.6 is 0 Å². The van der Waals surface area contributed by atoms with Gasteiger partial charge < -0.3 is 20.6 Å². The molecular weight excluding hydrogens is 258 g/mol. The number of hydrogen-bond donors (Lipinski definition) is 4. The molecule has 1 aromatic rings. The zero-order valence-corrected chi connectivity index (χ0v) is 11.8. The second kappa shape index (κ2) is 7.37. The number of methoxy groups -OCH3 is 1. The van der Waals surface area contributed by atoms with Crippen LogP contribution in [0, 0.1) is 5.92 Å². The summed E-state index contributed by atoms with van der Waals surface area (Å²) in [5.41, 5.74) is 2.52. The second-order valence-electron chi connectivity index (χ2n) is 5.20. The normalized spacial score (nSPS) is 22.6. The quantitative estimate of drug-likeness (QED) is 0.453. The molecule has 0 spiro atoms. The minimum atomic E-state index is -0.161. The van der Waals surface area contributed by atoms with E-state index in [2.05, 4.69) is 20.7 Å². The van der Waals surface area contributed by atoms with Crippen LogP contribution in [0.5, 0.6) is 0 Å². The van der Waals surface area contributed by atoms with Gasteiger partial charge in [0.15, 0.2) is 5.82 Å². The van der Waals surface area contributed by atoms with Crippen LogP contribution in [0.1, 0.15) is 31.5 Å². The number of anilines is 2. The predicted octanol–water partition coefficient (Wildman–Crippen LogP) is 0.872. The molecule has 0 saturated heterocycles. The summed E-state index contributed by atoms with van der Waals surface area (Å²) in [4.78, 5) is 8.57. The highest BCUT2D eigenvalue weighted by Crippen LogP contribution is 2.24. The topological polar surface area (TPSA) is 105 Å². The van der Waals surface area contributed by atoms with Crippen molar-refractivity contribution in [2.45, 2.75) is 38.4 Å². The first kappa shape index (κ1) is 15.0. The summed E-state index contributed by atoms with van der Waals surface area (Å²) in [5, 5.41) is 13.0. The van der Waals surface area contributed by atoms with Crippen molar-refractivity contribution in [2.75, 3.05) is 24.4 Å². The third-order valence-corrected chi connectivity index (χ3v) is 3.52. The number of aliphatic hydroxyl groups is 1. The summed E-state index contributed by atoms with van der Waals surface area (Å²) >= 11 is 0. The van der Waals surface area contributed by atoms with Gasteiger partial charge in [0.2, 0.25) is 0 Å². The van der Waals surface area contributed by atoms with Gasteiger partial charge in [0.25, 0.3) is 0 Å². The minimum absolute atomic E-state index is 0.161. The lowest BCUT2D eigenvalue weighted by Gasteiger charge is -2.26. The third kappa shape index (κ3) is 4.29. The maximum atomic E-state index is 9.68. The van der Waals surface area contributed by atoms with Crippen molar-refractivity contribution in [1.82, 2.24) is 9.97 Å². The minimum Gasteiger partial charge on any atom is -0.393 e. The van der Waals surface area contributed by atoms with Crippen LogP contribution in [0.15, 0.2) is 6.07 Å². The predicted molar refractivity (Wildman–Crippen MR) is 77.0 cm³/mol. The number of nitrogen functional groups attached to an aromatic ring is 1. The van der Waals surface area contributed by atoms with Gasteiger partial charge in [-0.1, -0.05) is 6.42 Å². The van der Waals surface area contributed by atoms with Gasteiger partial charge in [-0.25, -0.2) is 15.8 Å². The van der Waals surface area contributed by atoms with Gasteiger partial charge in [0.1, 0.15) is 18.2 Å². The molecule has 2 rings (SSSR count). The van der Waals surface area contributed by atoms with Crippen LogP contribution in [0.4, 0.5) is 11.6 Å². The lowest BCUT2D eigenvalue weighted by molar-refractivity contribution is 0.104. The van der Waals surface area contributed by atoms with Crippen molar-refractivity contribution >= 4 is 11.6 Å². The number of nitrogens with one attached hydrogen (secondary N) is 2. The Bertz CT molecular complexity index is 429. The molecular formula is C13H23N5O2. The first-order valence-corrected chi connectivity index (χ1v) is 6.96. The molecule has 2 unspecified atom stereocenters. The van der Waals surface area contributed by atoms with Crippen LogP contribution in [0.3, 0.4) is 0 Å². The van der Waals surface area contributed by atoms with Crippen LogP contribution in [0.25, 0.3) is 0 Å². The molecule has 7 heteroatoms. The number of rotatable bonds is 6. The molecule has 7 nitrogen and oxygen atoms in total. The Balaban J connectivity index is 1.95. The fraction of sp³-hybridized carbons (Fsp3) is 0.692. The van der Waals surface area contributed by atoms with Crippen molar-refractivity contribution in [1.29, 1.82) is 0 Å². The van der Waals surface area contributed by atoms with E-state index in [1.807, 2.05) is 0 Å². The molecule has 0 radical (unpaired) electrons. The summed E-state index contributed by atoms with van der Waals surface area (Å²) in [6.07, 6.45) is 3.84. The van der Waals surface area contributed by atoms with Crippen molar-refractivity contribution < 1.29 is 9.84 Å². The maximum Gasteiger partial charge on any atom is 0.158 e. The van der Waals surface area contributed by atoms with Crippen LogP contribution in [-0.4, -0.2) is 34.8 Å². The number of hydrazine groups is 1. The summed E-state index contributed by atoms with van der Waals surface area (Å²) in [6.45, 7) is 1.14. The van der Waals surface area contributed by atoms with Gasteiger partial charge in [-0.15, -0.1) is 0 Å². The molecule has 0 aliphatic heterocycles. The van der Waals surface area contributed by atoms with E-state index in [1.165, 1.54) is 0 Å². The number of aliphatic hydroxyl groups excluding tert-OH is 1. The summed E-state index contributed by atoms with van der Waals surface area (Å²) < 4.78 is 5.04. The highest BCUT2D eigenvalue weighted by Gasteiger charge is 2.20. The molecule has 1 aliphatic carbocycles. The van der Waals surface area contributed by atoms with E-state index in [-0.39, 0.29) is 6.10 Å². The highest BCUT2D eigenvalue weighted by molar-refractivity contribution is 5.46. The number of hydrogen-bond acceptors (Lipinski definition) is 7. The maximum absolute atomic E-state index is 9.68. The van der Waals surface area contributed by atoms with E-state index in [9.17, 15) is 5.11 Å². The number of aromatic nitrogens is 2. The Morgan fingerprint density at radius 2 is 2.20 bits per heavy atom. The summed E-state index contributed by atoms with van der Waals surface area (Å²) in [5.74, 6) is 7.73. The summed E-state index contributed by atoms with van der Waals surface area (Å²) in [7, 11) is 1.60. The average molecular weight is 281 g/mol. The monoisotopic (exact) mass is 281 g/mol. The molecule has 1 aromatic heterocycles. The lowest BCUT2D eigenvalue weighted by atomic mass is 9.87. The van der Waals surface area contributed by atoms with E-state index in [0.717, 1.165) is 38.0 Å². The molecule has 5 N–H and O–H groups in total. The molecule has 0 amide bonds. The van der Waals surface area contributed by atoms with E-state index in [1.54, 1.807) is 13.2 Å². The van der Waals surface area contributed by atoms with Gasteiger partial charge in [-0.05, 0) is 25.2 Å². The number of ether oxygens (including phenoxy) is 1. The standard InChI is InChI=1S/C13H23N5O2/c1-20-8-13-16-11(6-12(17-13)18-14)15-7-9-3-2-4-10(19)5-9/h6,9-10,19H,2-5,7-8,14H2,1H3,(H2,15,16,17,18). The molecule has 112 valence electrons. The molecule has 1 heterocycles. The molecule has 1 aliphatic rings. The van der Waals surface area contributed by atoms with Gasteiger partial charge in [0.05, 0.1) is 6.10 Å². The van der Waals surface area contributed by atoms with Crippen LogP contribution in [0.2, 0.25) is 0 Å². The van der Waals surface area contributed by atoms with Crippen molar-refractivity contribution in [3.05, 3.63) is 11.9 Å². The SMILES string of the molecule is COCc1nc(NN)cc(NCC2CCCC(O)C2)n1. The molecule has 20 heavy (non-hydrogen) atoms. The van der Waals surface area contributed by atoms with E-state index < -0.39 is 0 Å². The Kier molecular flexibility index (Phi) is 5.51. The molecule has 0 bridgehead atoms. The lowest BCUT2D eigenvalue weighted by Crippen LogP contribution is -2.25. The second-order valence-corrected chi connectivity index (χ2v) is 5.20. The van der Waals surface area contributed by atoms with Crippen LogP contribution in [-0.2, 0) is 11.3 Å².